The molecule has 0 spiro atoms. The van der Waals surface area contributed by atoms with Crippen LogP contribution in [0.2, 0.25) is 0 Å². The maximum atomic E-state index is 12.6. The van der Waals surface area contributed by atoms with Crippen molar-refractivity contribution in [2.24, 2.45) is 4.99 Å². The van der Waals surface area contributed by atoms with Gasteiger partial charge in [-0.05, 0) is 43.9 Å². The van der Waals surface area contributed by atoms with Gasteiger partial charge in [-0.2, -0.15) is 0 Å². The summed E-state index contributed by atoms with van der Waals surface area (Å²) >= 11 is 0. The average Bonchev–Trinajstić information content (AvgIpc) is 2.95. The van der Waals surface area contributed by atoms with Crippen molar-refractivity contribution >= 4 is 11.7 Å². The lowest BCUT2D eigenvalue weighted by atomic mass is 9.74. The van der Waals surface area contributed by atoms with Crippen LogP contribution in [-0.4, -0.2) is 104 Å². The summed E-state index contributed by atoms with van der Waals surface area (Å²) in [6, 6.07) is 3.64. The Kier molecular flexibility index (Phi) is 8.90. The van der Waals surface area contributed by atoms with Crippen LogP contribution in [0.15, 0.2) is 35.7 Å². The van der Waals surface area contributed by atoms with Crippen LogP contribution in [0.3, 0.4) is 0 Å². The van der Waals surface area contributed by atoms with Gasteiger partial charge in [0.05, 0.1) is 38.3 Å². The van der Waals surface area contributed by atoms with Gasteiger partial charge in [0.2, 0.25) is 0 Å². The number of carbonyl (C=O) groups excluding carboxylic acids is 1. The van der Waals surface area contributed by atoms with E-state index in [0.717, 1.165) is 11.1 Å². The Bertz CT molecular complexity index is 1150. The molecular formula is C26H33N3O9. The molecule has 2 heterocycles. The van der Waals surface area contributed by atoms with Gasteiger partial charge in [-0.1, -0.05) is 0 Å². The van der Waals surface area contributed by atoms with Crippen molar-refractivity contribution in [3.8, 4) is 11.5 Å². The molecule has 2 aliphatic rings. The van der Waals surface area contributed by atoms with Crippen LogP contribution in [0.25, 0.3) is 0 Å². The molecule has 1 fully saturated rings. The largest absolute Gasteiger partial charge is 0.493 e. The summed E-state index contributed by atoms with van der Waals surface area (Å²) in [5, 5.41) is 48.5. The van der Waals surface area contributed by atoms with Crippen LogP contribution < -0.4 is 9.47 Å². The van der Waals surface area contributed by atoms with Crippen molar-refractivity contribution in [2.45, 2.75) is 68.7 Å². The number of ether oxygens (including phenoxy) is 3. The Hall–Kier alpha value is -3.16. The van der Waals surface area contributed by atoms with Crippen LogP contribution in [0, 0.1) is 0 Å². The number of carbonyl (C=O) groups is 1. The molecule has 1 aromatic carbocycles. The molecule has 4 rings (SSSR count). The average molecular weight is 532 g/mol. The predicted molar refractivity (Wildman–Crippen MR) is 133 cm³/mol. The minimum atomic E-state index is -2.10. The summed E-state index contributed by atoms with van der Waals surface area (Å²) in [6.07, 6.45) is -2.11. The number of hydrogen-bond acceptors (Lipinski definition) is 12. The minimum Gasteiger partial charge on any atom is -0.493 e. The first-order valence-electron chi connectivity index (χ1n) is 12.5. The molecule has 7 atom stereocenters. The van der Waals surface area contributed by atoms with Crippen molar-refractivity contribution in [1.29, 1.82) is 0 Å². The number of benzene rings is 1. The third kappa shape index (κ3) is 5.64. The Morgan fingerprint density at radius 1 is 1.11 bits per heavy atom. The van der Waals surface area contributed by atoms with E-state index >= 15 is 0 Å². The maximum absolute atomic E-state index is 12.6. The fourth-order valence-corrected chi connectivity index (χ4v) is 4.98. The van der Waals surface area contributed by atoms with Crippen LogP contribution in [0.4, 0.5) is 0 Å². The first kappa shape index (κ1) is 27.9. The van der Waals surface area contributed by atoms with Gasteiger partial charge >= 0.3 is 5.97 Å². The molecule has 5 N–H and O–H groups in total. The van der Waals surface area contributed by atoms with E-state index in [4.69, 9.17) is 24.3 Å². The van der Waals surface area contributed by atoms with Crippen LogP contribution in [-0.2, 0) is 9.53 Å². The third-order valence-corrected chi connectivity index (χ3v) is 6.94. The van der Waals surface area contributed by atoms with E-state index in [1.54, 1.807) is 25.7 Å². The Balaban J connectivity index is 1.60. The van der Waals surface area contributed by atoms with Crippen molar-refractivity contribution in [3.63, 3.8) is 0 Å². The molecule has 206 valence electrons. The summed E-state index contributed by atoms with van der Waals surface area (Å²) < 4.78 is 16.9. The van der Waals surface area contributed by atoms with E-state index in [1.807, 2.05) is 19.1 Å². The second-order valence-corrected chi connectivity index (χ2v) is 9.31. The zero-order chi connectivity index (χ0) is 27.4. The summed E-state index contributed by atoms with van der Waals surface area (Å²) in [4.78, 5) is 26.2. The fourth-order valence-electron chi connectivity index (χ4n) is 4.98. The Morgan fingerprint density at radius 2 is 1.89 bits per heavy atom. The molecule has 1 aliphatic heterocycles. The van der Waals surface area contributed by atoms with Crippen LogP contribution in [0.5, 0.6) is 11.5 Å². The molecular weight excluding hydrogens is 498 g/mol. The fraction of sp³-hybridized carbons (Fsp3) is 0.538. The third-order valence-electron chi connectivity index (χ3n) is 6.94. The van der Waals surface area contributed by atoms with Crippen molar-refractivity contribution in [1.82, 2.24) is 9.97 Å². The molecule has 0 amide bonds. The SMILES string of the molecule is CCOc1cc2c(cc1OC)C(c1cnccn1)=N[C@@H]1CC[C@@H](OC(=O)[C@H](O)[C@@H](O)[C@H](O)[C@H](O)CO)C[C@H]21. The number of nitrogens with zero attached hydrogens (tertiary/aromatic N) is 3. The smallest absolute Gasteiger partial charge is 0.338 e. The number of aliphatic hydroxyl groups is 5. The van der Waals surface area contributed by atoms with Gasteiger partial charge in [-0.25, -0.2) is 4.79 Å². The van der Waals surface area contributed by atoms with Crippen molar-refractivity contribution in [2.75, 3.05) is 20.3 Å². The minimum absolute atomic E-state index is 0.130. The molecule has 2 aromatic rings. The van der Waals surface area contributed by atoms with Gasteiger partial charge in [0, 0.05) is 23.9 Å². The number of esters is 1. The normalized spacial score (nSPS) is 23.7. The Morgan fingerprint density at radius 3 is 2.55 bits per heavy atom. The summed E-state index contributed by atoms with van der Waals surface area (Å²) in [7, 11) is 1.56. The lowest BCUT2D eigenvalue weighted by Crippen LogP contribution is -2.50. The summed E-state index contributed by atoms with van der Waals surface area (Å²) in [6.45, 7) is 1.46. The molecule has 1 saturated carbocycles. The maximum Gasteiger partial charge on any atom is 0.338 e. The van der Waals surface area contributed by atoms with E-state index in [0.29, 0.717) is 48.8 Å². The highest BCUT2D eigenvalue weighted by Crippen LogP contribution is 2.45. The number of hydrogen-bond donors (Lipinski definition) is 5. The summed E-state index contributed by atoms with van der Waals surface area (Å²) in [5.74, 6) is -0.164. The van der Waals surface area contributed by atoms with E-state index < -0.39 is 43.1 Å². The predicted octanol–water partition coefficient (Wildman–Crippen LogP) is -0.281. The number of aromatic nitrogens is 2. The highest BCUT2D eigenvalue weighted by Gasteiger charge is 2.41. The number of aliphatic hydroxyl groups excluding tert-OH is 5. The van der Waals surface area contributed by atoms with Crippen molar-refractivity contribution in [3.05, 3.63) is 47.5 Å². The second kappa shape index (κ2) is 12.1. The van der Waals surface area contributed by atoms with Crippen molar-refractivity contribution < 1.29 is 44.5 Å². The molecule has 0 saturated heterocycles. The molecule has 0 radical (unpaired) electrons. The lowest BCUT2D eigenvalue weighted by Gasteiger charge is -2.39. The highest BCUT2D eigenvalue weighted by molar-refractivity contribution is 6.13. The topological polar surface area (TPSA) is 184 Å². The highest BCUT2D eigenvalue weighted by atomic mass is 16.6. The molecule has 12 nitrogen and oxygen atoms in total. The second-order valence-electron chi connectivity index (χ2n) is 9.31. The van der Waals surface area contributed by atoms with E-state index in [9.17, 15) is 25.2 Å². The standard InChI is InChI=1S/C26H33N3O9/c1-3-37-21-9-14-15-8-13(38-26(35)25(34)24(33)23(32)19(31)12-30)4-5-17(15)29-22(16(14)10-20(21)36-2)18-11-27-6-7-28-18/h6-7,9-11,13,15,17,19,23-25,30-34H,3-5,8,12H2,1-2H3/t13-,15-,17-,19-,23-,24+,25-/m1/s1. The lowest BCUT2D eigenvalue weighted by molar-refractivity contribution is -0.176. The summed E-state index contributed by atoms with van der Waals surface area (Å²) in [5.41, 5.74) is 3.03. The number of methoxy groups -OCH3 is 1. The molecule has 12 heteroatoms. The zero-order valence-corrected chi connectivity index (χ0v) is 21.2. The first-order valence-corrected chi connectivity index (χ1v) is 12.5. The van der Waals surface area contributed by atoms with Gasteiger partial charge in [-0.15, -0.1) is 0 Å². The number of fused-ring (bicyclic) bond motifs is 3. The molecule has 1 aromatic heterocycles. The van der Waals surface area contributed by atoms with Gasteiger partial charge in [0.1, 0.15) is 30.1 Å². The molecule has 0 unspecified atom stereocenters. The van der Waals surface area contributed by atoms with E-state index in [2.05, 4.69) is 9.97 Å². The molecule has 1 aliphatic carbocycles. The molecule has 0 bridgehead atoms. The monoisotopic (exact) mass is 531 g/mol. The first-order chi connectivity index (χ1) is 18.3. The van der Waals surface area contributed by atoms with Gasteiger partial charge < -0.3 is 39.7 Å². The van der Waals surface area contributed by atoms with E-state index in [1.165, 1.54) is 0 Å². The van der Waals surface area contributed by atoms with Gasteiger partial charge in [0.15, 0.2) is 17.6 Å². The number of aliphatic imine (C=N–C) groups is 1. The number of rotatable bonds is 10. The van der Waals surface area contributed by atoms with Crippen LogP contribution >= 0.6 is 0 Å². The van der Waals surface area contributed by atoms with Crippen LogP contribution in [0.1, 0.15) is 48.9 Å². The van der Waals surface area contributed by atoms with Gasteiger partial charge in [-0.3, -0.25) is 15.0 Å². The zero-order valence-electron chi connectivity index (χ0n) is 21.2. The quantitative estimate of drug-likeness (QED) is 0.254. The van der Waals surface area contributed by atoms with E-state index in [-0.39, 0.29) is 12.0 Å². The Labute approximate surface area is 219 Å². The molecule has 38 heavy (non-hydrogen) atoms. The van der Waals surface area contributed by atoms with Gasteiger partial charge in [0.25, 0.3) is 0 Å².